The zero-order valence-corrected chi connectivity index (χ0v) is 11.7. The number of esters is 1. The average molecular weight is 320 g/mol. The van der Waals surface area contributed by atoms with Gasteiger partial charge in [-0.1, -0.05) is 22.0 Å². The van der Waals surface area contributed by atoms with E-state index < -0.39 is 0 Å². The largest absolute Gasteiger partial charge is 0.456 e. The number of hydrogen-bond donors (Lipinski definition) is 0. The van der Waals surface area contributed by atoms with Gasteiger partial charge in [-0.15, -0.1) is 0 Å². The summed E-state index contributed by atoms with van der Waals surface area (Å²) in [4.78, 5) is 15.1. The molecule has 19 heavy (non-hydrogen) atoms. The normalized spacial score (nSPS) is 11.1. The van der Waals surface area contributed by atoms with Gasteiger partial charge in [0.25, 0.3) is 0 Å². The minimum atomic E-state index is -0.351. The van der Waals surface area contributed by atoms with Crippen LogP contribution in [0.4, 0.5) is 0 Å². The van der Waals surface area contributed by atoms with E-state index in [0.717, 1.165) is 20.8 Å². The minimum absolute atomic E-state index is 0.0576. The van der Waals surface area contributed by atoms with Crippen LogP contribution in [0.25, 0.3) is 21.9 Å². The number of carbonyl (C=O) groups excluding carboxylic acids is 1. The Kier molecular flexibility index (Phi) is 2.98. The second kappa shape index (κ2) is 4.66. The highest BCUT2D eigenvalue weighted by molar-refractivity contribution is 9.10. The van der Waals surface area contributed by atoms with Gasteiger partial charge in [0.2, 0.25) is 5.89 Å². The maximum Gasteiger partial charge on any atom is 0.303 e. The summed E-state index contributed by atoms with van der Waals surface area (Å²) >= 11 is 3.44. The Hall–Kier alpha value is -1.88. The van der Waals surface area contributed by atoms with Crippen molar-refractivity contribution in [2.24, 2.45) is 0 Å². The molecule has 5 heteroatoms. The van der Waals surface area contributed by atoms with Gasteiger partial charge in [-0.3, -0.25) is 4.79 Å². The van der Waals surface area contributed by atoms with E-state index in [-0.39, 0.29) is 12.6 Å². The Morgan fingerprint density at radius 3 is 3.00 bits per heavy atom. The summed E-state index contributed by atoms with van der Waals surface area (Å²) in [7, 11) is 0. The third-order valence-electron chi connectivity index (χ3n) is 2.78. The molecule has 0 amide bonds. The lowest BCUT2D eigenvalue weighted by Gasteiger charge is -1.98. The van der Waals surface area contributed by atoms with Gasteiger partial charge in [0.15, 0.2) is 12.2 Å². The molecule has 0 bridgehead atoms. The second-order valence-electron chi connectivity index (χ2n) is 4.17. The Labute approximate surface area is 117 Å². The van der Waals surface area contributed by atoms with E-state index >= 15 is 0 Å². The Bertz CT molecular complexity index is 779. The highest BCUT2D eigenvalue weighted by atomic mass is 79.9. The predicted octanol–water partition coefficient (Wildman–Crippen LogP) is 3.81. The first-order valence-corrected chi connectivity index (χ1v) is 6.54. The summed E-state index contributed by atoms with van der Waals surface area (Å²) in [5.41, 5.74) is 1.48. The zero-order chi connectivity index (χ0) is 13.4. The van der Waals surface area contributed by atoms with Crippen LogP contribution in [0, 0.1) is 0 Å². The second-order valence-corrected chi connectivity index (χ2v) is 5.08. The van der Waals surface area contributed by atoms with E-state index in [2.05, 4.69) is 20.9 Å². The molecule has 2 aromatic carbocycles. The maximum absolute atomic E-state index is 10.8. The summed E-state index contributed by atoms with van der Waals surface area (Å²) in [5, 5.41) is 2.05. The highest BCUT2D eigenvalue weighted by Gasteiger charge is 2.10. The minimum Gasteiger partial charge on any atom is -0.456 e. The van der Waals surface area contributed by atoms with Crippen molar-refractivity contribution in [3.05, 3.63) is 40.7 Å². The predicted molar refractivity (Wildman–Crippen MR) is 74.7 cm³/mol. The van der Waals surface area contributed by atoms with Crippen LogP contribution in [0.15, 0.2) is 39.2 Å². The van der Waals surface area contributed by atoms with Gasteiger partial charge in [-0.2, -0.15) is 0 Å². The molecule has 0 unspecified atom stereocenters. The lowest BCUT2D eigenvalue weighted by atomic mass is 10.1. The van der Waals surface area contributed by atoms with Gasteiger partial charge < -0.3 is 9.15 Å². The monoisotopic (exact) mass is 319 g/mol. The van der Waals surface area contributed by atoms with Crippen LogP contribution in [0.5, 0.6) is 0 Å². The first-order chi connectivity index (χ1) is 9.13. The summed E-state index contributed by atoms with van der Waals surface area (Å²) in [6.07, 6.45) is 0. The molecule has 0 atom stereocenters. The zero-order valence-electron chi connectivity index (χ0n) is 10.1. The molecule has 0 N–H and O–H groups in total. The van der Waals surface area contributed by atoms with Crippen molar-refractivity contribution in [3.63, 3.8) is 0 Å². The first kappa shape index (κ1) is 12.2. The lowest BCUT2D eigenvalue weighted by Crippen LogP contribution is -1.98. The molecule has 3 rings (SSSR count). The highest BCUT2D eigenvalue weighted by Crippen LogP contribution is 2.28. The number of hydrogen-bond acceptors (Lipinski definition) is 4. The summed E-state index contributed by atoms with van der Waals surface area (Å²) < 4.78 is 11.6. The molecule has 0 aliphatic carbocycles. The van der Waals surface area contributed by atoms with Gasteiger partial charge in [0, 0.05) is 16.8 Å². The van der Waals surface area contributed by atoms with Crippen molar-refractivity contribution in [2.45, 2.75) is 13.5 Å². The third-order valence-corrected chi connectivity index (χ3v) is 3.27. The van der Waals surface area contributed by atoms with Crippen LogP contribution in [-0.4, -0.2) is 11.0 Å². The van der Waals surface area contributed by atoms with Crippen molar-refractivity contribution in [1.82, 2.24) is 4.98 Å². The molecular formula is C14H10BrNO3. The van der Waals surface area contributed by atoms with Crippen LogP contribution in [0.2, 0.25) is 0 Å². The van der Waals surface area contributed by atoms with Gasteiger partial charge in [-0.05, 0) is 29.7 Å². The van der Waals surface area contributed by atoms with Gasteiger partial charge in [-0.25, -0.2) is 4.98 Å². The van der Waals surface area contributed by atoms with Gasteiger partial charge in [0.1, 0.15) is 5.52 Å². The summed E-state index contributed by atoms with van der Waals surface area (Å²) in [5.74, 6) is 0.0525. The SMILES string of the molecule is CC(=O)OCc1nc2ccc3cc(Br)ccc3c2o1. The maximum atomic E-state index is 10.8. The molecule has 1 aromatic heterocycles. The van der Waals surface area contributed by atoms with Crippen LogP contribution in [0.1, 0.15) is 12.8 Å². The van der Waals surface area contributed by atoms with E-state index in [1.54, 1.807) is 0 Å². The van der Waals surface area contributed by atoms with Gasteiger partial charge >= 0.3 is 5.97 Å². The van der Waals surface area contributed by atoms with E-state index in [1.807, 2.05) is 30.3 Å². The van der Waals surface area contributed by atoms with Crippen molar-refractivity contribution in [2.75, 3.05) is 0 Å². The van der Waals surface area contributed by atoms with Crippen LogP contribution in [-0.2, 0) is 16.1 Å². The van der Waals surface area contributed by atoms with E-state index in [0.29, 0.717) is 11.5 Å². The topological polar surface area (TPSA) is 52.3 Å². The van der Waals surface area contributed by atoms with E-state index in [4.69, 9.17) is 9.15 Å². The summed E-state index contributed by atoms with van der Waals surface area (Å²) in [6, 6.07) is 9.83. The lowest BCUT2D eigenvalue weighted by molar-refractivity contribution is -0.142. The molecule has 4 nitrogen and oxygen atoms in total. The average Bonchev–Trinajstić information content (AvgIpc) is 2.79. The smallest absolute Gasteiger partial charge is 0.303 e. The van der Waals surface area contributed by atoms with Gasteiger partial charge in [0.05, 0.1) is 0 Å². The molecule has 0 spiro atoms. The first-order valence-electron chi connectivity index (χ1n) is 5.74. The fourth-order valence-corrected chi connectivity index (χ4v) is 2.33. The number of rotatable bonds is 2. The van der Waals surface area contributed by atoms with Crippen molar-refractivity contribution in [1.29, 1.82) is 0 Å². The molecular weight excluding hydrogens is 310 g/mol. The number of aromatic nitrogens is 1. The fourth-order valence-electron chi connectivity index (χ4n) is 1.96. The van der Waals surface area contributed by atoms with Crippen LogP contribution in [0.3, 0.4) is 0 Å². The number of benzene rings is 2. The third kappa shape index (κ3) is 2.33. The molecule has 0 aliphatic rings. The number of halogens is 1. The molecule has 96 valence electrons. The quantitative estimate of drug-likeness (QED) is 0.674. The number of ether oxygens (including phenoxy) is 1. The number of carbonyl (C=O) groups is 1. The number of nitrogens with zero attached hydrogens (tertiary/aromatic N) is 1. The fraction of sp³-hybridized carbons (Fsp3) is 0.143. The molecule has 0 fully saturated rings. The summed E-state index contributed by atoms with van der Waals surface area (Å²) in [6.45, 7) is 1.41. The Morgan fingerprint density at radius 1 is 1.37 bits per heavy atom. The molecule has 0 saturated carbocycles. The number of oxazole rings is 1. The Morgan fingerprint density at radius 2 is 2.21 bits per heavy atom. The van der Waals surface area contributed by atoms with Crippen molar-refractivity contribution >= 4 is 43.8 Å². The molecule has 0 aliphatic heterocycles. The Balaban J connectivity index is 2.11. The van der Waals surface area contributed by atoms with Crippen molar-refractivity contribution in [3.8, 4) is 0 Å². The van der Waals surface area contributed by atoms with E-state index in [1.165, 1.54) is 6.92 Å². The van der Waals surface area contributed by atoms with Crippen LogP contribution >= 0.6 is 15.9 Å². The van der Waals surface area contributed by atoms with Crippen LogP contribution < -0.4 is 0 Å². The number of fused-ring (bicyclic) bond motifs is 3. The standard InChI is InChI=1S/C14H10BrNO3/c1-8(17)18-7-13-16-12-5-2-9-6-10(15)3-4-11(9)14(12)19-13/h2-6H,7H2,1H3. The molecule has 1 heterocycles. The molecule has 3 aromatic rings. The molecule has 0 radical (unpaired) electrons. The van der Waals surface area contributed by atoms with Crippen molar-refractivity contribution < 1.29 is 13.9 Å². The molecule has 0 saturated heterocycles. The van der Waals surface area contributed by atoms with E-state index in [9.17, 15) is 4.79 Å².